The van der Waals surface area contributed by atoms with E-state index in [0.717, 1.165) is 38.3 Å². The summed E-state index contributed by atoms with van der Waals surface area (Å²) in [5.74, 6) is 1.60. The molecule has 146 valence electrons. The summed E-state index contributed by atoms with van der Waals surface area (Å²) < 4.78 is 5.71. The fraction of sp³-hybridized carbons (Fsp3) is 0.889. The van der Waals surface area contributed by atoms with E-state index in [1.165, 1.54) is 0 Å². The summed E-state index contributed by atoms with van der Waals surface area (Å²) in [5.41, 5.74) is -0.0146. The average molecular weight is 466 g/mol. The lowest BCUT2D eigenvalue weighted by atomic mass is 9.56. The third kappa shape index (κ3) is 4.59. The topological polar surface area (TPSA) is 66.0 Å². The van der Waals surface area contributed by atoms with E-state index in [4.69, 9.17) is 4.74 Å². The van der Waals surface area contributed by atoms with Crippen LogP contribution in [-0.4, -0.2) is 62.7 Å². The molecule has 6 nitrogen and oxygen atoms in total. The highest BCUT2D eigenvalue weighted by atomic mass is 127. The standard InChI is InChI=1S/C18H34N4O2.HI/c1-17(2)14(12-18(17,3)24-6)21-16(20-5)22-9-7-13(8-10-22)11-15(23)19-4;/h13-14H,7-12H2,1-6H3,(H,19,23)(H,20,21);1H. The molecule has 7 heteroatoms. The maximum atomic E-state index is 11.5. The molecular weight excluding hydrogens is 431 g/mol. The number of carbonyl (C=O) groups is 1. The zero-order valence-electron chi connectivity index (χ0n) is 16.5. The quantitative estimate of drug-likeness (QED) is 0.379. The number of piperidine rings is 1. The molecule has 2 rings (SSSR count). The molecule has 0 bridgehead atoms. The van der Waals surface area contributed by atoms with Gasteiger partial charge in [-0.2, -0.15) is 0 Å². The van der Waals surface area contributed by atoms with Crippen LogP contribution in [0.4, 0.5) is 0 Å². The number of aliphatic imine (C=N–C) groups is 1. The van der Waals surface area contributed by atoms with E-state index in [-0.39, 0.29) is 40.9 Å². The number of ether oxygens (including phenoxy) is 1. The summed E-state index contributed by atoms with van der Waals surface area (Å²) in [7, 11) is 5.35. The van der Waals surface area contributed by atoms with Gasteiger partial charge in [0, 0.05) is 52.2 Å². The van der Waals surface area contributed by atoms with Crippen LogP contribution in [0, 0.1) is 11.3 Å². The van der Waals surface area contributed by atoms with Crippen LogP contribution >= 0.6 is 24.0 Å². The minimum Gasteiger partial charge on any atom is -0.378 e. The van der Waals surface area contributed by atoms with Crippen molar-refractivity contribution in [2.24, 2.45) is 16.3 Å². The Bertz CT molecular complexity index is 489. The first-order valence-corrected chi connectivity index (χ1v) is 9.01. The Hall–Kier alpha value is -0.570. The van der Waals surface area contributed by atoms with Crippen molar-refractivity contribution < 1.29 is 9.53 Å². The largest absolute Gasteiger partial charge is 0.378 e. The molecule has 2 aliphatic rings. The van der Waals surface area contributed by atoms with E-state index in [1.807, 2.05) is 7.05 Å². The molecule has 1 amide bonds. The van der Waals surface area contributed by atoms with Crippen molar-refractivity contribution in [2.45, 2.75) is 58.1 Å². The first kappa shape index (κ1) is 22.5. The first-order chi connectivity index (χ1) is 11.3. The van der Waals surface area contributed by atoms with E-state index in [1.54, 1.807) is 14.2 Å². The van der Waals surface area contributed by atoms with Crippen molar-refractivity contribution in [2.75, 3.05) is 34.3 Å². The SMILES string of the molecule is CN=C(NC1CC(C)(OC)C1(C)C)N1CCC(CC(=O)NC)CC1.I. The second-order valence-corrected chi connectivity index (χ2v) is 7.91. The van der Waals surface area contributed by atoms with Gasteiger partial charge in [-0.1, -0.05) is 13.8 Å². The highest BCUT2D eigenvalue weighted by Gasteiger charge is 2.58. The van der Waals surface area contributed by atoms with Crippen molar-refractivity contribution in [3.05, 3.63) is 0 Å². The number of carbonyl (C=O) groups excluding carboxylic acids is 1. The number of likely N-dealkylation sites (tertiary alicyclic amines) is 1. The Balaban J connectivity index is 0.00000312. The van der Waals surface area contributed by atoms with Gasteiger partial charge in [-0.05, 0) is 32.1 Å². The monoisotopic (exact) mass is 466 g/mol. The van der Waals surface area contributed by atoms with Gasteiger partial charge in [0.15, 0.2) is 5.96 Å². The van der Waals surface area contributed by atoms with Gasteiger partial charge in [0.25, 0.3) is 0 Å². The van der Waals surface area contributed by atoms with Crippen LogP contribution in [0.5, 0.6) is 0 Å². The maximum absolute atomic E-state index is 11.5. The normalized spacial score (nSPS) is 29.4. The van der Waals surface area contributed by atoms with E-state index in [0.29, 0.717) is 18.4 Å². The fourth-order valence-electron chi connectivity index (χ4n) is 3.89. The van der Waals surface area contributed by atoms with Gasteiger partial charge in [-0.25, -0.2) is 0 Å². The third-order valence-electron chi connectivity index (χ3n) is 6.46. The molecule has 2 atom stereocenters. The molecule has 0 radical (unpaired) electrons. The Morgan fingerprint density at radius 1 is 1.28 bits per heavy atom. The molecule has 2 unspecified atom stereocenters. The predicted molar refractivity (Wildman–Crippen MR) is 112 cm³/mol. The fourth-order valence-corrected chi connectivity index (χ4v) is 3.89. The van der Waals surface area contributed by atoms with Crippen LogP contribution < -0.4 is 10.6 Å². The van der Waals surface area contributed by atoms with Crippen LogP contribution in [0.15, 0.2) is 4.99 Å². The van der Waals surface area contributed by atoms with Crippen molar-refractivity contribution in [3.8, 4) is 0 Å². The van der Waals surface area contributed by atoms with Gasteiger partial charge in [-0.15, -0.1) is 24.0 Å². The molecule has 1 saturated carbocycles. The number of amides is 1. The van der Waals surface area contributed by atoms with Gasteiger partial charge >= 0.3 is 0 Å². The highest BCUT2D eigenvalue weighted by molar-refractivity contribution is 14.0. The van der Waals surface area contributed by atoms with Crippen LogP contribution in [0.3, 0.4) is 0 Å². The van der Waals surface area contributed by atoms with Crippen molar-refractivity contribution in [3.63, 3.8) is 0 Å². The molecule has 25 heavy (non-hydrogen) atoms. The molecule has 0 spiro atoms. The van der Waals surface area contributed by atoms with Gasteiger partial charge in [0.1, 0.15) is 0 Å². The molecule has 2 N–H and O–H groups in total. The average Bonchev–Trinajstić information content (AvgIpc) is 2.58. The summed E-state index contributed by atoms with van der Waals surface area (Å²) in [5, 5.41) is 6.36. The van der Waals surface area contributed by atoms with Crippen LogP contribution in [0.25, 0.3) is 0 Å². The molecule has 1 saturated heterocycles. The third-order valence-corrected chi connectivity index (χ3v) is 6.46. The number of nitrogens with zero attached hydrogens (tertiary/aromatic N) is 2. The minimum atomic E-state index is -0.0793. The molecule has 1 heterocycles. The molecule has 0 aromatic heterocycles. The van der Waals surface area contributed by atoms with Gasteiger partial charge in [0.05, 0.1) is 5.60 Å². The zero-order chi connectivity index (χ0) is 18.0. The highest BCUT2D eigenvalue weighted by Crippen LogP contribution is 2.51. The molecule has 0 aromatic carbocycles. The number of halogens is 1. The lowest BCUT2D eigenvalue weighted by Gasteiger charge is -2.59. The summed E-state index contributed by atoms with van der Waals surface area (Å²) >= 11 is 0. The number of hydrogen-bond acceptors (Lipinski definition) is 3. The number of rotatable bonds is 4. The summed E-state index contributed by atoms with van der Waals surface area (Å²) in [6.07, 6.45) is 3.71. The Morgan fingerprint density at radius 2 is 1.88 bits per heavy atom. The number of guanidine groups is 1. The predicted octanol–water partition coefficient (Wildman–Crippen LogP) is 2.23. The number of nitrogens with one attached hydrogen (secondary N) is 2. The second kappa shape index (κ2) is 8.88. The molecule has 2 fully saturated rings. The van der Waals surface area contributed by atoms with Gasteiger partial charge in [0.2, 0.25) is 5.91 Å². The Morgan fingerprint density at radius 3 is 2.32 bits per heavy atom. The Kier molecular flexibility index (Phi) is 7.98. The van der Waals surface area contributed by atoms with E-state index >= 15 is 0 Å². The smallest absolute Gasteiger partial charge is 0.220 e. The molecule has 0 aromatic rings. The molecule has 1 aliphatic heterocycles. The lowest BCUT2D eigenvalue weighted by Crippen LogP contribution is -2.69. The van der Waals surface area contributed by atoms with Crippen molar-refractivity contribution in [1.29, 1.82) is 0 Å². The number of methoxy groups -OCH3 is 1. The lowest BCUT2D eigenvalue weighted by molar-refractivity contribution is -0.177. The van der Waals surface area contributed by atoms with E-state index < -0.39 is 0 Å². The van der Waals surface area contributed by atoms with Crippen LogP contribution in [-0.2, 0) is 9.53 Å². The van der Waals surface area contributed by atoms with Crippen molar-refractivity contribution >= 4 is 35.8 Å². The van der Waals surface area contributed by atoms with Gasteiger partial charge < -0.3 is 20.3 Å². The first-order valence-electron chi connectivity index (χ1n) is 9.01. The zero-order valence-corrected chi connectivity index (χ0v) is 18.8. The second-order valence-electron chi connectivity index (χ2n) is 7.91. The van der Waals surface area contributed by atoms with Crippen LogP contribution in [0.1, 0.15) is 46.5 Å². The number of hydrogen-bond donors (Lipinski definition) is 2. The molecular formula is C18H35IN4O2. The summed E-state index contributed by atoms with van der Waals surface area (Å²) in [6, 6.07) is 0.366. The summed E-state index contributed by atoms with van der Waals surface area (Å²) in [6.45, 7) is 8.59. The van der Waals surface area contributed by atoms with Crippen LogP contribution in [0.2, 0.25) is 0 Å². The maximum Gasteiger partial charge on any atom is 0.220 e. The van der Waals surface area contributed by atoms with Crippen molar-refractivity contribution in [1.82, 2.24) is 15.5 Å². The molecule has 1 aliphatic carbocycles. The summed E-state index contributed by atoms with van der Waals surface area (Å²) in [4.78, 5) is 18.3. The van der Waals surface area contributed by atoms with Gasteiger partial charge in [-0.3, -0.25) is 9.79 Å². The Labute approximate surface area is 169 Å². The van der Waals surface area contributed by atoms with E-state index in [9.17, 15) is 4.79 Å². The van der Waals surface area contributed by atoms with E-state index in [2.05, 4.69) is 41.3 Å². The minimum absolute atomic E-state index is 0.